The molecule has 3 aliphatic heterocycles. The number of hydrogen-bond acceptors (Lipinski definition) is 8. The van der Waals surface area contributed by atoms with Crippen molar-refractivity contribution in [2.24, 2.45) is 0 Å². The molecule has 4 bridgehead atoms. The van der Waals surface area contributed by atoms with Gasteiger partial charge in [0.15, 0.2) is 23.8 Å². The highest BCUT2D eigenvalue weighted by molar-refractivity contribution is 5.95. The number of carbonyl (C=O) groups is 3. The van der Waals surface area contributed by atoms with Crippen LogP contribution in [0.15, 0.2) is 36.4 Å². The highest BCUT2D eigenvalue weighted by atomic mass is 19.1. The lowest BCUT2D eigenvalue weighted by molar-refractivity contribution is -0.125. The molecular formula is C30H33FN6O6. The number of likely N-dealkylation sites (N-methyl/N-ethyl adjacent to an activating group) is 1. The quantitative estimate of drug-likeness (QED) is 0.409. The molecule has 1 saturated heterocycles. The number of aromatic amines is 1. The molecule has 1 aromatic heterocycles. The number of H-pyrrole nitrogens is 1. The van der Waals surface area contributed by atoms with E-state index in [2.05, 4.69) is 25.7 Å². The molecule has 0 radical (unpaired) electrons. The number of rotatable bonds is 2. The zero-order valence-electron chi connectivity index (χ0n) is 23.9. The number of carbonyl (C=O) groups excluding carboxylic acids is 3. The lowest BCUT2D eigenvalue weighted by Gasteiger charge is -2.38. The van der Waals surface area contributed by atoms with Gasteiger partial charge in [0.25, 0.3) is 17.7 Å². The number of likely N-dealkylation sites (tertiary alicyclic amines) is 1. The molecule has 3 aromatic rings. The summed E-state index contributed by atoms with van der Waals surface area (Å²) in [6.07, 6.45) is 0.596. The van der Waals surface area contributed by atoms with Crippen LogP contribution in [-0.4, -0.2) is 90.3 Å². The van der Waals surface area contributed by atoms with Gasteiger partial charge in [-0.2, -0.15) is 5.10 Å². The Morgan fingerprint density at radius 3 is 2.86 bits per heavy atom. The summed E-state index contributed by atoms with van der Waals surface area (Å²) in [6.45, 7) is 1.70. The molecule has 4 heterocycles. The molecular weight excluding hydrogens is 559 g/mol. The zero-order valence-corrected chi connectivity index (χ0v) is 23.9. The number of halogens is 1. The minimum Gasteiger partial charge on any atom is -0.493 e. The number of methoxy groups -OCH3 is 1. The number of hydrogen-bond donors (Lipinski definition) is 3. The van der Waals surface area contributed by atoms with E-state index in [1.165, 1.54) is 25.3 Å². The largest absolute Gasteiger partial charge is 0.493 e. The summed E-state index contributed by atoms with van der Waals surface area (Å²) in [4.78, 5) is 43.4. The molecule has 3 amide bonds. The van der Waals surface area contributed by atoms with E-state index in [1.807, 2.05) is 7.05 Å². The maximum Gasteiger partial charge on any atom is 0.274 e. The number of piperidine rings is 1. The van der Waals surface area contributed by atoms with Crippen LogP contribution in [0.4, 0.5) is 4.39 Å². The summed E-state index contributed by atoms with van der Waals surface area (Å²) in [6, 6.07) is 8.24. The maximum absolute atomic E-state index is 14.6. The molecule has 43 heavy (non-hydrogen) atoms. The lowest BCUT2D eigenvalue weighted by atomic mass is 9.99. The molecule has 2 atom stereocenters. The normalized spacial score (nSPS) is 21.0. The molecule has 2 aromatic carbocycles. The summed E-state index contributed by atoms with van der Waals surface area (Å²) in [7, 11) is 3.46. The van der Waals surface area contributed by atoms with Crippen molar-refractivity contribution in [3.05, 3.63) is 70.3 Å². The third-order valence-corrected chi connectivity index (χ3v) is 7.97. The minimum absolute atomic E-state index is 0.0610. The third-order valence-electron chi connectivity index (χ3n) is 7.97. The van der Waals surface area contributed by atoms with Gasteiger partial charge < -0.3 is 34.6 Å². The number of amides is 3. The van der Waals surface area contributed by atoms with Gasteiger partial charge in [-0.05, 0) is 42.9 Å². The van der Waals surface area contributed by atoms with E-state index < -0.39 is 29.8 Å². The van der Waals surface area contributed by atoms with Gasteiger partial charge in [0.2, 0.25) is 0 Å². The van der Waals surface area contributed by atoms with Gasteiger partial charge in [0, 0.05) is 68.5 Å². The monoisotopic (exact) mass is 592 g/mol. The predicted octanol–water partition coefficient (Wildman–Crippen LogP) is 1.65. The first-order chi connectivity index (χ1) is 20.8. The smallest absolute Gasteiger partial charge is 0.274 e. The average Bonchev–Trinajstić information content (AvgIpc) is 3.41. The second-order valence-corrected chi connectivity index (χ2v) is 11.0. The van der Waals surface area contributed by atoms with Crippen molar-refractivity contribution in [2.75, 3.05) is 40.4 Å². The van der Waals surface area contributed by atoms with E-state index in [0.29, 0.717) is 36.5 Å². The number of benzene rings is 2. The lowest BCUT2D eigenvalue weighted by Crippen LogP contribution is -2.58. The summed E-state index contributed by atoms with van der Waals surface area (Å²) in [5.41, 5.74) is 3.02. The Morgan fingerprint density at radius 2 is 2.02 bits per heavy atom. The summed E-state index contributed by atoms with van der Waals surface area (Å²) >= 11 is 0. The topological polar surface area (TPSA) is 138 Å². The van der Waals surface area contributed by atoms with E-state index in [-0.39, 0.29) is 42.7 Å². The molecule has 0 saturated carbocycles. The Morgan fingerprint density at radius 1 is 1.16 bits per heavy atom. The first kappa shape index (κ1) is 28.5. The van der Waals surface area contributed by atoms with E-state index in [0.717, 1.165) is 24.2 Å². The number of ether oxygens (including phenoxy) is 3. The fourth-order valence-electron chi connectivity index (χ4n) is 5.72. The Labute approximate surface area is 247 Å². The first-order valence-electron chi connectivity index (χ1n) is 14.2. The number of aromatic nitrogens is 2. The van der Waals surface area contributed by atoms with Gasteiger partial charge in [0.1, 0.15) is 17.7 Å². The second-order valence-electron chi connectivity index (χ2n) is 11.0. The van der Waals surface area contributed by atoms with Crippen LogP contribution in [0.25, 0.3) is 0 Å². The molecule has 3 aliphatic rings. The molecule has 0 aliphatic carbocycles. The maximum atomic E-state index is 14.6. The summed E-state index contributed by atoms with van der Waals surface area (Å²) < 4.78 is 31.9. The van der Waals surface area contributed by atoms with Gasteiger partial charge in [0.05, 0.1) is 13.2 Å². The number of fused-ring (bicyclic) bond motifs is 6. The second kappa shape index (κ2) is 11.9. The van der Waals surface area contributed by atoms with Gasteiger partial charge in [-0.1, -0.05) is 0 Å². The highest BCUT2D eigenvalue weighted by Crippen LogP contribution is 2.29. The Bertz CT molecular complexity index is 1560. The number of nitrogens with one attached hydrogen (secondary N) is 3. The van der Waals surface area contributed by atoms with Crippen molar-refractivity contribution < 1.29 is 33.0 Å². The van der Waals surface area contributed by atoms with Gasteiger partial charge in [-0.15, -0.1) is 0 Å². The highest BCUT2D eigenvalue weighted by Gasteiger charge is 2.37. The molecule has 0 spiro atoms. The Balaban J connectivity index is 1.28. The van der Waals surface area contributed by atoms with Crippen molar-refractivity contribution in [2.45, 2.75) is 38.1 Å². The first-order valence-corrected chi connectivity index (χ1v) is 14.2. The van der Waals surface area contributed by atoms with Crippen LogP contribution in [0, 0.1) is 5.82 Å². The van der Waals surface area contributed by atoms with Crippen LogP contribution in [0.5, 0.6) is 17.2 Å². The SMILES string of the molecule is COc1ccc2cc1OCC(=O)N[C@@H]1CN(C(=O)c3n[nH]c4c3CN(C)CC4)CC[C@@H]1Oc1cc(F)cc(c1)CNC2=O. The van der Waals surface area contributed by atoms with E-state index in [4.69, 9.17) is 14.2 Å². The Kier molecular flexibility index (Phi) is 7.89. The molecule has 13 heteroatoms. The zero-order chi connectivity index (χ0) is 30.1. The molecule has 12 nitrogen and oxygen atoms in total. The van der Waals surface area contributed by atoms with Crippen LogP contribution in [0.1, 0.15) is 44.1 Å². The van der Waals surface area contributed by atoms with E-state index in [9.17, 15) is 18.8 Å². The third kappa shape index (κ3) is 6.12. The number of nitrogens with zero attached hydrogens (tertiary/aromatic N) is 3. The summed E-state index contributed by atoms with van der Waals surface area (Å²) in [5.74, 6) is -0.796. The van der Waals surface area contributed by atoms with Crippen LogP contribution in [0.2, 0.25) is 0 Å². The van der Waals surface area contributed by atoms with Crippen molar-refractivity contribution in [1.82, 2.24) is 30.6 Å². The van der Waals surface area contributed by atoms with Gasteiger partial charge >= 0.3 is 0 Å². The van der Waals surface area contributed by atoms with Gasteiger partial charge in [-0.3, -0.25) is 19.5 Å². The molecule has 6 rings (SSSR count). The minimum atomic E-state index is -0.626. The molecule has 1 fully saturated rings. The van der Waals surface area contributed by atoms with Crippen molar-refractivity contribution in [3.8, 4) is 17.2 Å². The molecule has 226 valence electrons. The van der Waals surface area contributed by atoms with Crippen molar-refractivity contribution in [3.63, 3.8) is 0 Å². The Hall–Kier alpha value is -4.65. The molecule has 0 unspecified atom stereocenters. The average molecular weight is 593 g/mol. The van der Waals surface area contributed by atoms with Crippen LogP contribution in [-0.2, 0) is 24.3 Å². The van der Waals surface area contributed by atoms with Crippen LogP contribution < -0.4 is 24.8 Å². The fraction of sp³-hybridized carbons (Fsp3) is 0.400. The van der Waals surface area contributed by atoms with Crippen molar-refractivity contribution in [1.29, 1.82) is 0 Å². The predicted molar refractivity (Wildman–Crippen MR) is 152 cm³/mol. The molecule has 3 N–H and O–H groups in total. The fourth-order valence-corrected chi connectivity index (χ4v) is 5.72. The summed E-state index contributed by atoms with van der Waals surface area (Å²) in [5, 5.41) is 13.1. The van der Waals surface area contributed by atoms with Crippen LogP contribution in [0.3, 0.4) is 0 Å². The van der Waals surface area contributed by atoms with Crippen LogP contribution >= 0.6 is 0 Å². The standard InChI is InChI=1S/C30H33FN6O6/c1-36-7-5-22-21(14-36)28(35-34-22)30(40)37-8-6-24-23(15-37)33-27(38)16-42-26-11-18(3-4-25(26)41-2)29(39)32-13-17-9-19(31)12-20(10-17)43-24/h3-4,9-12,23-24H,5-8,13-16H2,1-2H3,(H,32,39)(H,33,38)(H,34,35)/t23-,24+/m1/s1. The van der Waals surface area contributed by atoms with Crippen molar-refractivity contribution >= 4 is 17.7 Å². The van der Waals surface area contributed by atoms with E-state index in [1.54, 1.807) is 23.1 Å². The van der Waals surface area contributed by atoms with E-state index >= 15 is 0 Å². The van der Waals surface area contributed by atoms with Gasteiger partial charge in [-0.25, -0.2) is 4.39 Å².